The summed E-state index contributed by atoms with van der Waals surface area (Å²) < 4.78 is 0. The number of hydrogen-bond acceptors (Lipinski definition) is 4. The van der Waals surface area contributed by atoms with Crippen LogP contribution >= 0.6 is 11.6 Å². The summed E-state index contributed by atoms with van der Waals surface area (Å²) in [5.41, 5.74) is -0.105. The highest BCUT2D eigenvalue weighted by Gasteiger charge is 2.15. The van der Waals surface area contributed by atoms with Crippen molar-refractivity contribution in [2.45, 2.75) is 25.9 Å². The molecule has 7 heteroatoms. The number of nitrogens with one attached hydrogen (secondary N) is 1. The smallest absolute Gasteiger partial charge is 0.288 e. The van der Waals surface area contributed by atoms with Crippen LogP contribution in [0, 0.1) is 10.1 Å². The number of carbonyl (C=O) groups is 1. The standard InChI is InChI=1S/C12H15ClN2O4/c1-8(16)3-2-6-14-12(17)9-4-5-10(13)11(7-9)15(18)19/h4-5,7-8,16H,2-3,6H2,1H3,(H,14,17). The van der Waals surface area contributed by atoms with Gasteiger partial charge in [-0.25, -0.2) is 0 Å². The van der Waals surface area contributed by atoms with Crippen molar-refractivity contribution >= 4 is 23.2 Å². The third-order valence-corrected chi connectivity index (χ3v) is 2.81. The van der Waals surface area contributed by atoms with Crippen molar-refractivity contribution in [3.63, 3.8) is 0 Å². The Hall–Kier alpha value is -1.66. The average molecular weight is 287 g/mol. The van der Waals surface area contributed by atoms with Gasteiger partial charge in [0.25, 0.3) is 11.6 Å². The number of rotatable bonds is 6. The zero-order valence-corrected chi connectivity index (χ0v) is 11.2. The van der Waals surface area contributed by atoms with E-state index in [-0.39, 0.29) is 16.3 Å². The number of amides is 1. The molecule has 1 unspecified atom stereocenters. The summed E-state index contributed by atoms with van der Waals surface area (Å²) in [5.74, 6) is -0.398. The second kappa shape index (κ2) is 7.06. The lowest BCUT2D eigenvalue weighted by atomic mass is 10.1. The summed E-state index contributed by atoms with van der Waals surface area (Å²) in [6.07, 6.45) is 0.814. The van der Waals surface area contributed by atoms with Crippen molar-refractivity contribution in [1.82, 2.24) is 5.32 Å². The molecular weight excluding hydrogens is 272 g/mol. The van der Waals surface area contributed by atoms with E-state index in [2.05, 4.69) is 5.32 Å². The first-order valence-electron chi connectivity index (χ1n) is 5.82. The monoisotopic (exact) mass is 286 g/mol. The first-order chi connectivity index (χ1) is 8.91. The number of benzene rings is 1. The molecule has 1 aromatic carbocycles. The predicted octanol–water partition coefficient (Wildman–Crippen LogP) is 2.14. The number of nitro benzene ring substituents is 1. The van der Waals surface area contributed by atoms with Crippen LogP contribution in [0.3, 0.4) is 0 Å². The van der Waals surface area contributed by atoms with Gasteiger partial charge in [0.05, 0.1) is 11.0 Å². The third kappa shape index (κ3) is 4.84. The van der Waals surface area contributed by atoms with Gasteiger partial charge < -0.3 is 10.4 Å². The molecule has 0 saturated heterocycles. The van der Waals surface area contributed by atoms with Crippen LogP contribution in [0.2, 0.25) is 5.02 Å². The number of aliphatic hydroxyl groups is 1. The van der Waals surface area contributed by atoms with Crippen molar-refractivity contribution in [1.29, 1.82) is 0 Å². The lowest BCUT2D eigenvalue weighted by Crippen LogP contribution is -2.25. The highest BCUT2D eigenvalue weighted by Crippen LogP contribution is 2.24. The van der Waals surface area contributed by atoms with Gasteiger partial charge in [0.2, 0.25) is 0 Å². The Bertz CT molecular complexity index is 477. The Balaban J connectivity index is 2.62. The van der Waals surface area contributed by atoms with Crippen LogP contribution in [0.4, 0.5) is 5.69 Å². The molecule has 0 saturated carbocycles. The van der Waals surface area contributed by atoms with Gasteiger partial charge in [0.1, 0.15) is 5.02 Å². The molecule has 0 aromatic heterocycles. The van der Waals surface area contributed by atoms with E-state index in [0.29, 0.717) is 19.4 Å². The summed E-state index contributed by atoms with van der Waals surface area (Å²) in [5, 5.41) is 22.4. The molecule has 0 radical (unpaired) electrons. The molecule has 1 atom stereocenters. The minimum atomic E-state index is -0.632. The Morgan fingerprint density at radius 2 is 2.26 bits per heavy atom. The Labute approximate surface area is 115 Å². The van der Waals surface area contributed by atoms with Crippen LogP contribution in [-0.4, -0.2) is 28.6 Å². The second-order valence-electron chi connectivity index (χ2n) is 4.17. The number of aliphatic hydroxyl groups excluding tert-OH is 1. The molecule has 19 heavy (non-hydrogen) atoms. The van der Waals surface area contributed by atoms with Gasteiger partial charge in [-0.05, 0) is 31.9 Å². The second-order valence-corrected chi connectivity index (χ2v) is 4.58. The largest absolute Gasteiger partial charge is 0.393 e. The first kappa shape index (κ1) is 15.4. The Morgan fingerprint density at radius 3 is 2.84 bits per heavy atom. The van der Waals surface area contributed by atoms with Crippen molar-refractivity contribution in [2.24, 2.45) is 0 Å². The SMILES string of the molecule is CC(O)CCCNC(=O)c1ccc(Cl)c([N+](=O)[O-])c1. The predicted molar refractivity (Wildman–Crippen MR) is 71.4 cm³/mol. The maximum atomic E-state index is 11.7. The Morgan fingerprint density at radius 1 is 1.58 bits per heavy atom. The van der Waals surface area contributed by atoms with Gasteiger partial charge >= 0.3 is 0 Å². The summed E-state index contributed by atoms with van der Waals surface area (Å²) in [7, 11) is 0. The lowest BCUT2D eigenvalue weighted by molar-refractivity contribution is -0.384. The summed E-state index contributed by atoms with van der Waals surface area (Å²) in [4.78, 5) is 21.8. The molecule has 0 aliphatic carbocycles. The maximum absolute atomic E-state index is 11.7. The molecule has 0 aliphatic rings. The minimum absolute atomic E-state index is 0.00402. The fourth-order valence-corrected chi connectivity index (χ4v) is 1.68. The third-order valence-electron chi connectivity index (χ3n) is 2.49. The molecule has 0 fully saturated rings. The first-order valence-corrected chi connectivity index (χ1v) is 6.20. The van der Waals surface area contributed by atoms with Gasteiger partial charge in [0.15, 0.2) is 0 Å². The minimum Gasteiger partial charge on any atom is -0.393 e. The molecule has 0 heterocycles. The quantitative estimate of drug-likeness (QED) is 0.476. The topological polar surface area (TPSA) is 92.5 Å². The van der Waals surface area contributed by atoms with E-state index in [1.807, 2.05) is 0 Å². The van der Waals surface area contributed by atoms with E-state index in [4.69, 9.17) is 16.7 Å². The molecule has 2 N–H and O–H groups in total. The molecule has 1 amide bonds. The molecule has 0 aliphatic heterocycles. The summed E-state index contributed by atoms with van der Waals surface area (Å²) in [6.45, 7) is 2.07. The van der Waals surface area contributed by atoms with Crippen LogP contribution in [0.5, 0.6) is 0 Å². The van der Waals surface area contributed by atoms with Crippen LogP contribution in [-0.2, 0) is 0 Å². The number of nitro groups is 1. The number of nitrogens with zero attached hydrogens (tertiary/aromatic N) is 1. The van der Waals surface area contributed by atoms with Gasteiger partial charge in [-0.15, -0.1) is 0 Å². The van der Waals surface area contributed by atoms with Crippen molar-refractivity contribution in [3.8, 4) is 0 Å². The zero-order chi connectivity index (χ0) is 14.4. The number of halogens is 1. The lowest BCUT2D eigenvalue weighted by Gasteiger charge is -2.06. The average Bonchev–Trinajstić information content (AvgIpc) is 2.34. The van der Waals surface area contributed by atoms with Crippen molar-refractivity contribution in [3.05, 3.63) is 38.9 Å². The molecular formula is C12H15ClN2O4. The van der Waals surface area contributed by atoms with Crippen LogP contribution in [0.25, 0.3) is 0 Å². The summed E-state index contributed by atoms with van der Waals surface area (Å²) in [6, 6.07) is 3.90. The van der Waals surface area contributed by atoms with Crippen LogP contribution in [0.1, 0.15) is 30.1 Å². The van der Waals surface area contributed by atoms with Gasteiger partial charge in [-0.2, -0.15) is 0 Å². The molecule has 0 spiro atoms. The highest BCUT2D eigenvalue weighted by atomic mass is 35.5. The van der Waals surface area contributed by atoms with Crippen LogP contribution in [0.15, 0.2) is 18.2 Å². The highest BCUT2D eigenvalue weighted by molar-refractivity contribution is 6.32. The van der Waals surface area contributed by atoms with E-state index in [1.54, 1.807) is 6.92 Å². The van der Waals surface area contributed by atoms with E-state index in [9.17, 15) is 14.9 Å². The molecule has 6 nitrogen and oxygen atoms in total. The Kier molecular flexibility index (Phi) is 5.72. The molecule has 1 rings (SSSR count). The van der Waals surface area contributed by atoms with Crippen molar-refractivity contribution < 1.29 is 14.8 Å². The van der Waals surface area contributed by atoms with Crippen LogP contribution < -0.4 is 5.32 Å². The normalized spacial score (nSPS) is 11.9. The molecule has 1 aromatic rings. The van der Waals surface area contributed by atoms with E-state index < -0.39 is 16.9 Å². The van der Waals surface area contributed by atoms with E-state index in [1.165, 1.54) is 12.1 Å². The van der Waals surface area contributed by atoms with E-state index >= 15 is 0 Å². The fourth-order valence-electron chi connectivity index (χ4n) is 1.50. The molecule has 0 bridgehead atoms. The van der Waals surface area contributed by atoms with Gasteiger partial charge in [0, 0.05) is 18.2 Å². The van der Waals surface area contributed by atoms with Gasteiger partial charge in [-0.3, -0.25) is 14.9 Å². The van der Waals surface area contributed by atoms with E-state index in [0.717, 1.165) is 6.07 Å². The fraction of sp³-hybridized carbons (Fsp3) is 0.417. The number of hydrogen-bond donors (Lipinski definition) is 2. The van der Waals surface area contributed by atoms with Gasteiger partial charge in [-0.1, -0.05) is 11.6 Å². The zero-order valence-electron chi connectivity index (χ0n) is 10.4. The van der Waals surface area contributed by atoms with Crippen molar-refractivity contribution in [2.75, 3.05) is 6.54 Å². The maximum Gasteiger partial charge on any atom is 0.288 e. The summed E-state index contributed by atoms with van der Waals surface area (Å²) >= 11 is 5.66. The number of carbonyl (C=O) groups excluding carboxylic acids is 1. The molecule has 104 valence electrons.